The monoisotopic (exact) mass is 318 g/mol. The molecule has 1 N–H and O–H groups in total. The minimum absolute atomic E-state index is 0.542. The standard InChI is InChI=1S/C20H34OSi/c1-13(2)22(14(3)4,15(5)6)18(9)20(21)19-16(7)11-10-12-17(19)8/h10-15,20-21H,9H2,1-8H3. The molecule has 0 aromatic heterocycles. The van der Waals surface area contributed by atoms with Crippen molar-refractivity contribution in [2.75, 3.05) is 0 Å². The summed E-state index contributed by atoms with van der Waals surface area (Å²) in [4.78, 5) is 0. The van der Waals surface area contributed by atoms with E-state index in [9.17, 15) is 5.11 Å². The normalized spacial score (nSPS) is 14.0. The Morgan fingerprint density at radius 2 is 1.27 bits per heavy atom. The van der Waals surface area contributed by atoms with Gasteiger partial charge in [0, 0.05) is 0 Å². The van der Waals surface area contributed by atoms with E-state index in [1.807, 2.05) is 0 Å². The lowest BCUT2D eigenvalue weighted by atomic mass is 9.98. The van der Waals surface area contributed by atoms with E-state index in [0.717, 1.165) is 21.9 Å². The number of aryl methyl sites for hydroxylation is 2. The molecule has 0 aliphatic carbocycles. The maximum absolute atomic E-state index is 11.2. The van der Waals surface area contributed by atoms with E-state index >= 15 is 0 Å². The molecule has 2 heteroatoms. The molecule has 1 nitrogen and oxygen atoms in total. The van der Waals surface area contributed by atoms with Gasteiger partial charge in [-0.1, -0.05) is 64.9 Å². The smallest absolute Gasteiger partial charge is 0.0969 e. The van der Waals surface area contributed by atoms with Crippen LogP contribution in [0.15, 0.2) is 30.0 Å². The van der Waals surface area contributed by atoms with E-state index < -0.39 is 14.2 Å². The van der Waals surface area contributed by atoms with Crippen molar-refractivity contribution in [3.63, 3.8) is 0 Å². The van der Waals surface area contributed by atoms with Crippen LogP contribution >= 0.6 is 0 Å². The highest BCUT2D eigenvalue weighted by atomic mass is 28.3. The van der Waals surface area contributed by atoms with Gasteiger partial charge in [0.25, 0.3) is 0 Å². The Morgan fingerprint density at radius 1 is 0.909 bits per heavy atom. The zero-order chi connectivity index (χ0) is 17.2. The summed E-state index contributed by atoms with van der Waals surface area (Å²) in [7, 11) is -1.87. The van der Waals surface area contributed by atoms with E-state index in [4.69, 9.17) is 0 Å². The lowest BCUT2D eigenvalue weighted by Gasteiger charge is -2.46. The summed E-state index contributed by atoms with van der Waals surface area (Å²) in [6.45, 7) is 22.5. The molecule has 0 amide bonds. The van der Waals surface area contributed by atoms with Gasteiger partial charge in [0.15, 0.2) is 0 Å². The predicted molar refractivity (Wildman–Crippen MR) is 101 cm³/mol. The third kappa shape index (κ3) is 3.09. The molecule has 1 rings (SSSR count). The summed E-state index contributed by atoms with van der Waals surface area (Å²) in [5, 5.41) is 12.3. The van der Waals surface area contributed by atoms with Crippen LogP contribution in [-0.2, 0) is 0 Å². The third-order valence-corrected chi connectivity index (χ3v) is 12.7. The third-order valence-electron chi connectivity index (χ3n) is 5.57. The number of aliphatic hydroxyl groups excluding tert-OH is 1. The molecule has 1 unspecified atom stereocenters. The van der Waals surface area contributed by atoms with E-state index in [1.54, 1.807) is 0 Å². The highest BCUT2D eigenvalue weighted by Crippen LogP contribution is 2.49. The molecule has 1 aromatic carbocycles. The second-order valence-corrected chi connectivity index (χ2v) is 13.6. The molecule has 0 saturated heterocycles. The minimum atomic E-state index is -1.87. The van der Waals surface area contributed by atoms with Crippen molar-refractivity contribution in [2.45, 2.75) is 78.1 Å². The van der Waals surface area contributed by atoms with Crippen molar-refractivity contribution in [2.24, 2.45) is 0 Å². The van der Waals surface area contributed by atoms with Crippen LogP contribution in [0.25, 0.3) is 0 Å². The Labute approximate surface area is 138 Å². The predicted octanol–water partition coefficient (Wildman–Crippen LogP) is 6.11. The minimum Gasteiger partial charge on any atom is -0.384 e. The zero-order valence-corrected chi connectivity index (χ0v) is 16.7. The van der Waals surface area contributed by atoms with E-state index in [-0.39, 0.29) is 0 Å². The first-order valence-electron chi connectivity index (χ1n) is 8.51. The van der Waals surface area contributed by atoms with Gasteiger partial charge >= 0.3 is 0 Å². The quantitative estimate of drug-likeness (QED) is 0.627. The average Bonchev–Trinajstić information content (AvgIpc) is 2.37. The highest BCUT2D eigenvalue weighted by Gasteiger charge is 2.47. The summed E-state index contributed by atoms with van der Waals surface area (Å²) in [5.41, 5.74) is 5.09. The van der Waals surface area contributed by atoms with Gasteiger partial charge in [-0.25, -0.2) is 0 Å². The maximum Gasteiger partial charge on any atom is 0.0969 e. The fourth-order valence-corrected chi connectivity index (χ4v) is 11.6. The van der Waals surface area contributed by atoms with Crippen LogP contribution in [0.2, 0.25) is 16.6 Å². The van der Waals surface area contributed by atoms with Gasteiger partial charge in [-0.2, -0.15) is 0 Å². The molecule has 0 heterocycles. The fourth-order valence-electron chi connectivity index (χ4n) is 4.78. The Balaban J connectivity index is 3.43. The number of benzene rings is 1. The lowest BCUT2D eigenvalue weighted by Crippen LogP contribution is -2.48. The van der Waals surface area contributed by atoms with Crippen LogP contribution in [0.1, 0.15) is 64.3 Å². The Kier molecular flexibility index (Phi) is 6.23. The summed E-state index contributed by atoms with van der Waals surface area (Å²) in [5.74, 6) is 0. The molecule has 1 atom stereocenters. The molecular weight excluding hydrogens is 284 g/mol. The summed E-state index contributed by atoms with van der Waals surface area (Å²) < 4.78 is 0. The number of aliphatic hydroxyl groups is 1. The van der Waals surface area contributed by atoms with Crippen molar-refractivity contribution >= 4 is 8.07 Å². The van der Waals surface area contributed by atoms with Crippen LogP contribution in [0, 0.1) is 13.8 Å². The largest absolute Gasteiger partial charge is 0.384 e. The molecule has 0 aliphatic heterocycles. The van der Waals surface area contributed by atoms with Crippen LogP contribution in [-0.4, -0.2) is 13.2 Å². The SMILES string of the molecule is C=C(C(O)c1c(C)cccc1C)[Si](C(C)C)(C(C)C)C(C)C. The Bertz CT molecular complexity index is 486. The number of hydrogen-bond acceptors (Lipinski definition) is 1. The van der Waals surface area contributed by atoms with Crippen LogP contribution < -0.4 is 0 Å². The van der Waals surface area contributed by atoms with Crippen LogP contribution in [0.3, 0.4) is 0 Å². The summed E-state index contributed by atoms with van der Waals surface area (Å²) in [6, 6.07) is 6.23. The van der Waals surface area contributed by atoms with Crippen molar-refractivity contribution < 1.29 is 5.11 Å². The van der Waals surface area contributed by atoms with Gasteiger partial charge in [0.05, 0.1) is 14.2 Å². The molecule has 0 saturated carbocycles. The van der Waals surface area contributed by atoms with Crippen molar-refractivity contribution in [1.29, 1.82) is 0 Å². The Hall–Kier alpha value is -0.863. The molecule has 0 spiro atoms. The topological polar surface area (TPSA) is 20.2 Å². The summed E-state index contributed by atoms with van der Waals surface area (Å²) in [6.07, 6.45) is -0.542. The van der Waals surface area contributed by atoms with Gasteiger partial charge in [0.1, 0.15) is 0 Å². The van der Waals surface area contributed by atoms with Crippen molar-refractivity contribution in [1.82, 2.24) is 0 Å². The second kappa shape index (κ2) is 7.14. The van der Waals surface area contributed by atoms with Crippen LogP contribution in [0.5, 0.6) is 0 Å². The molecule has 0 bridgehead atoms. The molecule has 22 heavy (non-hydrogen) atoms. The summed E-state index contributed by atoms with van der Waals surface area (Å²) >= 11 is 0. The van der Waals surface area contributed by atoms with Gasteiger partial charge in [-0.3, -0.25) is 0 Å². The van der Waals surface area contributed by atoms with Gasteiger partial charge in [0.2, 0.25) is 0 Å². The number of rotatable bonds is 6. The van der Waals surface area contributed by atoms with Crippen LogP contribution in [0.4, 0.5) is 0 Å². The second-order valence-electron chi connectivity index (χ2n) is 7.63. The van der Waals surface area contributed by atoms with E-state index in [1.165, 1.54) is 0 Å². The van der Waals surface area contributed by atoms with Crippen molar-refractivity contribution in [3.05, 3.63) is 46.7 Å². The first-order chi connectivity index (χ1) is 10.1. The fraction of sp³-hybridized carbons (Fsp3) is 0.600. The van der Waals surface area contributed by atoms with E-state index in [2.05, 4.69) is 80.2 Å². The molecule has 1 aromatic rings. The molecule has 0 aliphatic rings. The average molecular weight is 319 g/mol. The van der Waals surface area contributed by atoms with Gasteiger partial charge in [-0.15, -0.1) is 6.58 Å². The van der Waals surface area contributed by atoms with Gasteiger partial charge in [-0.05, 0) is 47.2 Å². The first-order valence-corrected chi connectivity index (χ1v) is 10.7. The first kappa shape index (κ1) is 19.2. The highest BCUT2D eigenvalue weighted by molar-refractivity contribution is 6.89. The maximum atomic E-state index is 11.2. The molecule has 124 valence electrons. The molecule has 0 fully saturated rings. The number of hydrogen-bond donors (Lipinski definition) is 1. The van der Waals surface area contributed by atoms with Gasteiger partial charge < -0.3 is 5.11 Å². The van der Waals surface area contributed by atoms with E-state index in [0.29, 0.717) is 16.6 Å². The zero-order valence-electron chi connectivity index (χ0n) is 15.7. The van der Waals surface area contributed by atoms with Crippen molar-refractivity contribution in [3.8, 4) is 0 Å². The lowest BCUT2D eigenvalue weighted by molar-refractivity contribution is 0.220. The Morgan fingerprint density at radius 3 is 1.59 bits per heavy atom. The molecular formula is C20H34OSi. The molecule has 0 radical (unpaired) electrons.